The standard InChI is InChI=1S/C62H100N26O20/c89-47-5-63-41(55(47)97)17-83-11-35(71-77-83)23-103-29-61(30-104-24-36-12-84(78-72-36)18-42-56(98)48(90)6-64-42,31-105-25-37-13-85(79-73-37)19-43-57(99)49(91)7-65-43)69-53(95)3-1-2-4-54(96)70-62(32-106-26-38-14-86(80-74-38)20-44-58(100)50(92)8-66-44,33-107-27-39-15-87(81-75-39)21-45-59(101)51(93)9-67-45)34-108-28-40-16-88(82-76-40)22-46-60(102)52(94)10-68-46/h11-16,41-52,55-60,63-68,89-94,97-102H,1-10,17-34H2,(H,69,95)(H,70,96)/t41-,42-,43-,44-,45-,46-,47-,48-,49-,50-,51-,52-,55+,56+,57+,58+,59+,60+/m1/s1. The van der Waals surface area contributed by atoms with E-state index in [4.69, 9.17) is 28.4 Å². The summed E-state index contributed by atoms with van der Waals surface area (Å²) < 4.78 is 47.1. The van der Waals surface area contributed by atoms with Crippen LogP contribution in [0.15, 0.2) is 37.2 Å². The van der Waals surface area contributed by atoms with Crippen molar-refractivity contribution in [2.24, 2.45) is 0 Å². The first-order valence-electron chi connectivity index (χ1n) is 36.1. The normalized spacial score (nSPS) is 28.9. The minimum atomic E-state index is -1.49. The van der Waals surface area contributed by atoms with Crippen LogP contribution in [0.25, 0.3) is 0 Å². The molecule has 0 unspecified atom stereocenters. The third-order valence-corrected chi connectivity index (χ3v) is 19.8. The number of nitrogens with one attached hydrogen (secondary N) is 8. The number of carbonyl (C=O) groups is 2. The first-order valence-corrected chi connectivity index (χ1v) is 36.1. The van der Waals surface area contributed by atoms with E-state index in [2.05, 4.69) is 104 Å². The Hall–Kier alpha value is -7.18. The van der Waals surface area contributed by atoms with Gasteiger partial charge >= 0.3 is 0 Å². The molecule has 20 N–H and O–H groups in total. The number of amides is 2. The van der Waals surface area contributed by atoms with Crippen LogP contribution in [-0.4, -0.2) is 363 Å². The minimum absolute atomic E-state index is 0.124. The number of ether oxygens (including phenoxy) is 6. The van der Waals surface area contributed by atoms with Crippen LogP contribution in [0.5, 0.6) is 0 Å². The fourth-order valence-corrected chi connectivity index (χ4v) is 13.8. The van der Waals surface area contributed by atoms with Crippen molar-refractivity contribution in [3.8, 4) is 0 Å². The molecule has 6 fully saturated rings. The number of carbonyl (C=O) groups excluding carboxylic acids is 2. The Balaban J connectivity index is 0.739. The molecule has 6 aromatic heterocycles. The molecule has 0 bridgehead atoms. The Morgan fingerprint density at radius 3 is 0.657 bits per heavy atom. The van der Waals surface area contributed by atoms with Gasteiger partial charge in [0.1, 0.15) is 45.2 Å². The van der Waals surface area contributed by atoms with Gasteiger partial charge < -0.3 is 132 Å². The van der Waals surface area contributed by atoms with E-state index in [1.807, 2.05) is 0 Å². The smallest absolute Gasteiger partial charge is 0.220 e. The molecule has 6 saturated heterocycles. The second-order valence-corrected chi connectivity index (χ2v) is 28.8. The molecule has 46 heteroatoms. The molecule has 2 amide bonds. The van der Waals surface area contributed by atoms with Gasteiger partial charge in [0, 0.05) is 52.1 Å². The number of β-amino-alcohol motifs (C(OH)–C–C–N with tert-alkyl or cyclic N) is 6. The van der Waals surface area contributed by atoms with Gasteiger partial charge in [-0.2, -0.15) is 0 Å². The van der Waals surface area contributed by atoms with Gasteiger partial charge in [0.05, 0.1) is 265 Å². The van der Waals surface area contributed by atoms with E-state index >= 15 is 0 Å². The number of rotatable bonds is 43. The Labute approximate surface area is 617 Å². The van der Waals surface area contributed by atoms with E-state index in [1.54, 1.807) is 37.2 Å². The van der Waals surface area contributed by atoms with Crippen LogP contribution in [0.2, 0.25) is 0 Å². The highest BCUT2D eigenvalue weighted by Crippen LogP contribution is 2.21. The third-order valence-electron chi connectivity index (χ3n) is 19.8. The zero-order valence-corrected chi connectivity index (χ0v) is 59.3. The number of aliphatic hydroxyl groups is 12. The SMILES string of the molecule is O=C(CCCCC(=O)NC(COCc1cn(C[C@H]2NC[C@@H](O)[C@H]2O)nn1)(COCc1cn(C[C@H]2NC[C@@H](O)[C@H]2O)nn1)COCc1cn(C[C@H]2NC[C@@H](O)[C@H]2O)nn1)NC(COCc1cn(C[C@H]2NC[C@@H](O)[C@H]2O)nn1)(COCc1cn(C[C@H]2NC[C@@H](O)[C@H]2O)nn1)COCc1cn(C[C@H]2NC[C@@H](O)[C@H]2O)nn1. The van der Waals surface area contributed by atoms with Crippen molar-refractivity contribution in [2.75, 3.05) is 78.9 Å². The fraction of sp³-hybridized carbons (Fsp3) is 0.774. The van der Waals surface area contributed by atoms with Crippen molar-refractivity contribution in [1.82, 2.24) is 132 Å². The molecule has 12 rings (SSSR count). The summed E-state index contributed by atoms with van der Waals surface area (Å²) in [5.41, 5.74) is -0.641. The number of aliphatic hydroxyl groups excluding tert-OH is 12. The van der Waals surface area contributed by atoms with Gasteiger partial charge in [-0.25, -0.2) is 0 Å². The number of aromatic nitrogens is 18. The zero-order valence-electron chi connectivity index (χ0n) is 59.3. The molecule has 0 aromatic carbocycles. The van der Waals surface area contributed by atoms with Crippen LogP contribution in [0.3, 0.4) is 0 Å². The number of hydrogen-bond acceptors (Lipinski definition) is 38. The van der Waals surface area contributed by atoms with Crippen LogP contribution in [0.4, 0.5) is 0 Å². The lowest BCUT2D eigenvalue weighted by Crippen LogP contribution is -2.58. The largest absolute Gasteiger partial charge is 0.389 e. The third kappa shape index (κ3) is 21.9. The van der Waals surface area contributed by atoms with E-state index in [0.717, 1.165) is 0 Å². The molecule has 0 aliphatic carbocycles. The summed E-state index contributed by atoms with van der Waals surface area (Å²) >= 11 is 0. The summed E-state index contributed by atoms with van der Waals surface area (Å²) in [6.45, 7) is 0.106. The van der Waals surface area contributed by atoms with Gasteiger partial charge in [-0.15, -0.1) is 30.6 Å². The molecule has 6 aliphatic heterocycles. The first kappa shape index (κ1) is 80.3. The average Bonchev–Trinajstić information content (AvgIpc) is 1.26. The lowest BCUT2D eigenvalue weighted by atomic mass is 10.0. The van der Waals surface area contributed by atoms with Crippen molar-refractivity contribution in [3.05, 3.63) is 71.3 Å². The second-order valence-electron chi connectivity index (χ2n) is 28.8. The van der Waals surface area contributed by atoms with Crippen molar-refractivity contribution in [3.63, 3.8) is 0 Å². The number of unbranched alkanes of at least 4 members (excludes halogenated alkanes) is 1. The van der Waals surface area contributed by atoms with Gasteiger partial charge in [0.15, 0.2) is 0 Å². The summed E-state index contributed by atoms with van der Waals surface area (Å²) in [5.74, 6) is -0.975. The van der Waals surface area contributed by atoms with E-state index in [1.165, 1.54) is 28.1 Å². The Morgan fingerprint density at radius 2 is 0.500 bits per heavy atom. The molecule has 598 valence electrons. The molecule has 0 saturated carbocycles. The minimum Gasteiger partial charge on any atom is -0.389 e. The Kier molecular flexibility index (Phi) is 28.0. The highest BCUT2D eigenvalue weighted by atomic mass is 16.5. The monoisotopic (exact) mass is 1530 g/mol. The van der Waals surface area contributed by atoms with E-state index in [9.17, 15) is 70.9 Å². The fourth-order valence-electron chi connectivity index (χ4n) is 13.8. The maximum Gasteiger partial charge on any atom is 0.220 e. The van der Waals surface area contributed by atoms with Gasteiger partial charge in [0.25, 0.3) is 0 Å². The highest BCUT2D eigenvalue weighted by Gasteiger charge is 2.41. The quantitative estimate of drug-likeness (QED) is 0.0158. The Morgan fingerprint density at radius 1 is 0.324 bits per heavy atom. The molecule has 6 aromatic rings. The van der Waals surface area contributed by atoms with Crippen LogP contribution < -0.4 is 42.5 Å². The van der Waals surface area contributed by atoms with E-state index in [-0.39, 0.29) is 184 Å². The van der Waals surface area contributed by atoms with E-state index < -0.39 is 132 Å². The molecular weight excluding hydrogens is 1430 g/mol. The van der Waals surface area contributed by atoms with Gasteiger partial charge in [0.2, 0.25) is 11.8 Å². The molecule has 18 atom stereocenters. The lowest BCUT2D eigenvalue weighted by Gasteiger charge is -2.34. The summed E-state index contributed by atoms with van der Waals surface area (Å²) in [6.07, 6.45) is -2.04. The second kappa shape index (κ2) is 37.7. The van der Waals surface area contributed by atoms with Crippen molar-refractivity contribution in [2.45, 2.75) is 225 Å². The van der Waals surface area contributed by atoms with Crippen molar-refractivity contribution < 1.29 is 99.3 Å². The highest BCUT2D eigenvalue weighted by molar-refractivity contribution is 5.78. The van der Waals surface area contributed by atoms with Crippen LogP contribution >= 0.6 is 0 Å². The maximum atomic E-state index is 14.6. The molecule has 12 heterocycles. The summed E-state index contributed by atoms with van der Waals surface area (Å²) in [4.78, 5) is 29.2. The van der Waals surface area contributed by atoms with Crippen LogP contribution in [0, 0.1) is 0 Å². The number of nitrogens with zero attached hydrogens (tertiary/aromatic N) is 18. The molecule has 0 radical (unpaired) electrons. The van der Waals surface area contributed by atoms with Gasteiger partial charge in [-0.1, -0.05) is 31.3 Å². The molecule has 0 spiro atoms. The predicted molar refractivity (Wildman–Crippen MR) is 361 cm³/mol. The molecule has 6 aliphatic rings. The first-order chi connectivity index (χ1) is 52.1. The lowest BCUT2D eigenvalue weighted by molar-refractivity contribution is -0.130. The molecule has 108 heavy (non-hydrogen) atoms. The Bertz CT molecular complexity index is 3180. The number of hydrogen-bond donors (Lipinski definition) is 20. The summed E-state index contributed by atoms with van der Waals surface area (Å²) in [5, 5.41) is 199. The molecular formula is C62H100N26O20. The van der Waals surface area contributed by atoms with Crippen molar-refractivity contribution >= 4 is 11.8 Å². The molecule has 46 nitrogen and oxygen atoms in total. The topological polar surface area (TPSA) is 613 Å². The van der Waals surface area contributed by atoms with E-state index in [0.29, 0.717) is 34.2 Å². The summed E-state index contributed by atoms with van der Waals surface area (Å²) in [6, 6.07) is -2.98. The average molecular weight is 1530 g/mol. The van der Waals surface area contributed by atoms with Crippen LogP contribution in [0.1, 0.15) is 59.8 Å². The predicted octanol–water partition coefficient (Wildman–Crippen LogP) is -12.7. The maximum absolute atomic E-state index is 14.6. The zero-order chi connectivity index (χ0) is 75.9. The van der Waals surface area contributed by atoms with Crippen LogP contribution in [-0.2, 0) is 117 Å². The van der Waals surface area contributed by atoms with Crippen molar-refractivity contribution in [1.29, 1.82) is 0 Å². The summed E-state index contributed by atoms with van der Waals surface area (Å²) in [7, 11) is 0. The van der Waals surface area contributed by atoms with Gasteiger partial charge in [-0.3, -0.25) is 37.7 Å². The van der Waals surface area contributed by atoms with Gasteiger partial charge in [-0.05, 0) is 12.8 Å².